The molecule has 0 bridgehead atoms. The molecule has 0 aliphatic heterocycles. The molecule has 0 amide bonds. The van der Waals surface area contributed by atoms with Crippen molar-refractivity contribution in [1.29, 1.82) is 0 Å². The van der Waals surface area contributed by atoms with E-state index in [9.17, 15) is 4.79 Å². The van der Waals surface area contributed by atoms with Gasteiger partial charge in [-0.2, -0.15) is 9.61 Å². The molecule has 4 aromatic rings. The first-order valence-corrected chi connectivity index (χ1v) is 8.05. The Labute approximate surface area is 136 Å². The Morgan fingerprint density at radius 1 is 1.25 bits per heavy atom. The molecule has 0 radical (unpaired) electrons. The molecule has 0 saturated heterocycles. The topological polar surface area (TPSA) is 78.8 Å². The van der Waals surface area contributed by atoms with Crippen LogP contribution in [0.4, 0.5) is 0 Å². The van der Waals surface area contributed by atoms with Gasteiger partial charge in [-0.1, -0.05) is 24.3 Å². The summed E-state index contributed by atoms with van der Waals surface area (Å²) < 4.78 is 1.63. The van der Waals surface area contributed by atoms with Crippen molar-refractivity contribution in [3.63, 3.8) is 0 Å². The van der Waals surface area contributed by atoms with Crippen LogP contribution in [0.2, 0.25) is 0 Å². The van der Waals surface area contributed by atoms with Gasteiger partial charge in [0, 0.05) is 22.7 Å². The van der Waals surface area contributed by atoms with E-state index >= 15 is 0 Å². The fraction of sp³-hybridized carbons (Fsp3) is 0.167. The van der Waals surface area contributed by atoms with Gasteiger partial charge in [0.25, 0.3) is 5.56 Å². The Morgan fingerprint density at radius 3 is 3.12 bits per heavy atom. The number of fused-ring (bicyclic) bond motifs is 3. The summed E-state index contributed by atoms with van der Waals surface area (Å²) >= 11 is 0. The van der Waals surface area contributed by atoms with Crippen molar-refractivity contribution < 1.29 is 0 Å². The number of aryl methyl sites for hydroxylation is 1. The lowest BCUT2D eigenvalue weighted by Gasteiger charge is -2.06. The monoisotopic (exact) mass is 317 g/mol. The SMILES string of the molecule is O=c1[nH]c2nc3c(nn2/c1=C/c1c[nH]c2ccccc12)CCCC=3. The first-order chi connectivity index (χ1) is 11.8. The van der Waals surface area contributed by atoms with E-state index in [1.54, 1.807) is 4.52 Å². The fourth-order valence-corrected chi connectivity index (χ4v) is 3.29. The summed E-state index contributed by atoms with van der Waals surface area (Å²) in [5, 5.41) is 7.11. The number of hydrogen-bond donors (Lipinski definition) is 2. The second-order valence-corrected chi connectivity index (χ2v) is 6.05. The van der Waals surface area contributed by atoms with Crippen LogP contribution in [0.25, 0.3) is 28.8 Å². The number of benzene rings is 1. The van der Waals surface area contributed by atoms with Crippen molar-refractivity contribution in [2.75, 3.05) is 0 Å². The van der Waals surface area contributed by atoms with E-state index in [1.807, 2.05) is 36.5 Å². The Kier molecular flexibility index (Phi) is 2.73. The summed E-state index contributed by atoms with van der Waals surface area (Å²) in [5.41, 5.74) is 2.77. The number of aromatic nitrogens is 5. The quantitative estimate of drug-likeness (QED) is 0.546. The van der Waals surface area contributed by atoms with Crippen molar-refractivity contribution in [3.05, 3.63) is 62.8 Å². The summed E-state index contributed by atoms with van der Waals surface area (Å²) in [6.07, 6.45) is 8.83. The molecule has 0 saturated carbocycles. The number of nitrogens with one attached hydrogen (secondary N) is 2. The number of rotatable bonds is 1. The van der Waals surface area contributed by atoms with Crippen LogP contribution in [-0.4, -0.2) is 24.6 Å². The molecule has 1 aliphatic rings. The molecule has 6 heteroatoms. The zero-order chi connectivity index (χ0) is 16.1. The number of para-hydroxylation sites is 1. The van der Waals surface area contributed by atoms with E-state index in [2.05, 4.69) is 26.1 Å². The predicted molar refractivity (Wildman–Crippen MR) is 92.1 cm³/mol. The van der Waals surface area contributed by atoms with Gasteiger partial charge in [0.05, 0.1) is 11.0 Å². The van der Waals surface area contributed by atoms with Gasteiger partial charge >= 0.3 is 0 Å². The maximum Gasteiger partial charge on any atom is 0.276 e. The van der Waals surface area contributed by atoms with Crippen LogP contribution >= 0.6 is 0 Å². The van der Waals surface area contributed by atoms with Crippen LogP contribution in [-0.2, 0) is 6.42 Å². The molecule has 0 atom stereocenters. The first-order valence-electron chi connectivity index (χ1n) is 8.05. The summed E-state index contributed by atoms with van der Waals surface area (Å²) in [5.74, 6) is 0.489. The number of nitrogens with zero attached hydrogens (tertiary/aromatic N) is 3. The highest BCUT2D eigenvalue weighted by molar-refractivity contribution is 5.88. The van der Waals surface area contributed by atoms with Gasteiger partial charge in [0.2, 0.25) is 5.78 Å². The minimum atomic E-state index is -0.178. The largest absolute Gasteiger partial charge is 0.361 e. The van der Waals surface area contributed by atoms with Gasteiger partial charge in [-0.25, -0.2) is 4.98 Å². The Bertz CT molecular complexity index is 1260. The third-order valence-electron chi connectivity index (χ3n) is 4.50. The zero-order valence-corrected chi connectivity index (χ0v) is 12.9. The third-order valence-corrected chi connectivity index (χ3v) is 4.50. The van der Waals surface area contributed by atoms with Crippen molar-refractivity contribution in [1.82, 2.24) is 24.6 Å². The van der Waals surface area contributed by atoms with Gasteiger partial charge in [-0.3, -0.25) is 9.78 Å². The average Bonchev–Trinajstić information content (AvgIpc) is 3.15. The lowest BCUT2D eigenvalue weighted by atomic mass is 10.1. The molecule has 1 aromatic carbocycles. The maximum atomic E-state index is 12.4. The van der Waals surface area contributed by atoms with Crippen molar-refractivity contribution in [2.45, 2.75) is 19.3 Å². The average molecular weight is 317 g/mol. The lowest BCUT2D eigenvalue weighted by molar-refractivity contribution is 0.730. The van der Waals surface area contributed by atoms with Gasteiger partial charge < -0.3 is 4.98 Å². The van der Waals surface area contributed by atoms with E-state index in [4.69, 9.17) is 0 Å². The van der Waals surface area contributed by atoms with Crippen molar-refractivity contribution in [3.8, 4) is 0 Å². The molecule has 6 nitrogen and oxygen atoms in total. The van der Waals surface area contributed by atoms with Crippen molar-refractivity contribution >= 4 is 28.8 Å². The molecule has 24 heavy (non-hydrogen) atoms. The second-order valence-electron chi connectivity index (χ2n) is 6.05. The van der Waals surface area contributed by atoms with Gasteiger partial charge in [-0.15, -0.1) is 0 Å². The van der Waals surface area contributed by atoms with Crippen LogP contribution < -0.4 is 16.3 Å². The minimum absolute atomic E-state index is 0.178. The molecule has 1 aliphatic carbocycles. The number of hydrogen-bond acceptors (Lipinski definition) is 3. The van der Waals surface area contributed by atoms with Crippen LogP contribution in [0.1, 0.15) is 24.1 Å². The summed E-state index contributed by atoms with van der Waals surface area (Å²) in [4.78, 5) is 23.0. The van der Waals surface area contributed by atoms with E-state index in [0.717, 1.165) is 46.8 Å². The van der Waals surface area contributed by atoms with E-state index < -0.39 is 0 Å². The molecule has 3 aromatic heterocycles. The molecule has 0 spiro atoms. The summed E-state index contributed by atoms with van der Waals surface area (Å²) in [6.45, 7) is 0. The highest BCUT2D eigenvalue weighted by Gasteiger charge is 2.11. The van der Waals surface area contributed by atoms with Crippen LogP contribution in [0, 0.1) is 0 Å². The van der Waals surface area contributed by atoms with Gasteiger partial charge in [0.15, 0.2) is 0 Å². The molecule has 118 valence electrons. The minimum Gasteiger partial charge on any atom is -0.361 e. The predicted octanol–water partition coefficient (Wildman–Crippen LogP) is 0.844. The third kappa shape index (κ3) is 1.93. The number of H-pyrrole nitrogens is 2. The van der Waals surface area contributed by atoms with E-state index in [0.29, 0.717) is 11.1 Å². The number of imidazole rings is 1. The van der Waals surface area contributed by atoms with Crippen LogP contribution in [0.3, 0.4) is 0 Å². The van der Waals surface area contributed by atoms with Crippen LogP contribution in [0.5, 0.6) is 0 Å². The van der Waals surface area contributed by atoms with Crippen molar-refractivity contribution in [2.24, 2.45) is 0 Å². The maximum absolute atomic E-state index is 12.4. The van der Waals surface area contributed by atoms with E-state index in [-0.39, 0.29) is 5.56 Å². The summed E-state index contributed by atoms with van der Waals surface area (Å²) in [6, 6.07) is 8.01. The lowest BCUT2D eigenvalue weighted by Crippen LogP contribution is -2.30. The normalized spacial score (nSPS) is 14.9. The van der Waals surface area contributed by atoms with E-state index in [1.165, 1.54) is 0 Å². The zero-order valence-electron chi connectivity index (χ0n) is 12.9. The molecular formula is C18H15N5O. The smallest absolute Gasteiger partial charge is 0.276 e. The van der Waals surface area contributed by atoms with Gasteiger partial charge in [-0.05, 0) is 31.4 Å². The Morgan fingerprint density at radius 2 is 2.17 bits per heavy atom. The highest BCUT2D eigenvalue weighted by Crippen LogP contribution is 2.17. The summed E-state index contributed by atoms with van der Waals surface area (Å²) in [7, 11) is 0. The highest BCUT2D eigenvalue weighted by atomic mass is 16.1. The molecule has 3 heterocycles. The molecule has 0 fully saturated rings. The molecule has 5 rings (SSSR count). The fourth-order valence-electron chi connectivity index (χ4n) is 3.29. The number of aromatic amines is 2. The van der Waals surface area contributed by atoms with Crippen LogP contribution in [0.15, 0.2) is 35.3 Å². The Balaban J connectivity index is 1.83. The molecule has 2 N–H and O–H groups in total. The second kappa shape index (κ2) is 4.92. The van der Waals surface area contributed by atoms with Gasteiger partial charge in [0.1, 0.15) is 5.35 Å². The Hall–Kier alpha value is -3.15. The standard InChI is InChI=1S/C18H15N5O/c24-17-16(9-11-10-19-13-6-2-1-5-12(11)13)23-18(21-17)20-14-7-3-4-8-15(14)22-23/h1-2,5-7,9-10,19H,3-4,8H2,(H,20,21,24)/b16-9+. The molecular weight excluding hydrogens is 302 g/mol. The first kappa shape index (κ1) is 13.3. The molecule has 0 unspecified atom stereocenters.